The zero-order chi connectivity index (χ0) is 28.7. The van der Waals surface area contributed by atoms with Crippen LogP contribution in [0, 0.1) is 53.5 Å². The molecule has 1 N–H and O–H groups in total. The van der Waals surface area contributed by atoms with Crippen molar-refractivity contribution in [2.24, 2.45) is 17.3 Å². The van der Waals surface area contributed by atoms with E-state index in [0.717, 1.165) is 0 Å². The number of esters is 2. The van der Waals surface area contributed by atoms with Gasteiger partial charge in [0, 0.05) is 13.6 Å². The molecule has 4 bridgehead atoms. The number of carbonyl (C=O) groups excluding carboxylic acids is 2. The summed E-state index contributed by atoms with van der Waals surface area (Å²) < 4.78 is 113. The van der Waals surface area contributed by atoms with E-state index in [1.807, 2.05) is 0 Å². The Morgan fingerprint density at radius 1 is 0.872 bits per heavy atom. The quantitative estimate of drug-likeness (QED) is 0.0760. The summed E-state index contributed by atoms with van der Waals surface area (Å²) in [5, 5.41) is 0. The Kier molecular flexibility index (Phi) is 7.23. The average Bonchev–Trinajstić information content (AvgIpc) is 2.79. The summed E-state index contributed by atoms with van der Waals surface area (Å²) >= 11 is 3.35. The molecule has 0 radical (unpaired) electrons. The van der Waals surface area contributed by atoms with Crippen LogP contribution in [0.15, 0.2) is 17.0 Å². The lowest BCUT2D eigenvalue weighted by atomic mass is 9.48. The molecule has 2 aromatic carbocycles. The zero-order valence-corrected chi connectivity index (χ0v) is 24.6. The van der Waals surface area contributed by atoms with Crippen molar-refractivity contribution in [1.82, 2.24) is 0 Å². The van der Waals surface area contributed by atoms with Gasteiger partial charge in [-0.05, 0) is 101 Å². The first-order chi connectivity index (χ1) is 18.1. The SMILES string of the molecule is O=C(OC12CC3CC(C1)CC(C(=O)Oc1cc(I)c(S(=O)(=O)O)c(I)c1)(C3)C2)c1c(F)c(F)c(F)c(F)c1F. The maximum atomic E-state index is 14.3. The molecular weight excluding hydrogens is 781 g/mol. The van der Waals surface area contributed by atoms with Crippen LogP contribution < -0.4 is 4.74 Å². The number of ether oxygens (including phenoxy) is 2. The van der Waals surface area contributed by atoms with Crippen molar-refractivity contribution >= 4 is 67.2 Å². The van der Waals surface area contributed by atoms with Crippen LogP contribution in [-0.2, 0) is 19.6 Å². The van der Waals surface area contributed by atoms with Crippen LogP contribution in [-0.4, -0.2) is 30.5 Å². The van der Waals surface area contributed by atoms with Gasteiger partial charge in [0.1, 0.15) is 21.8 Å². The van der Waals surface area contributed by atoms with E-state index in [-0.39, 0.29) is 48.9 Å². The van der Waals surface area contributed by atoms with Gasteiger partial charge in [0.05, 0.1) is 5.41 Å². The van der Waals surface area contributed by atoms with Gasteiger partial charge in [0.15, 0.2) is 23.3 Å². The van der Waals surface area contributed by atoms with Crippen molar-refractivity contribution in [3.8, 4) is 5.75 Å². The van der Waals surface area contributed by atoms with Crippen LogP contribution >= 0.6 is 45.2 Å². The lowest BCUT2D eigenvalue weighted by Gasteiger charge is -2.59. The maximum absolute atomic E-state index is 14.3. The van der Waals surface area contributed by atoms with Gasteiger partial charge < -0.3 is 9.47 Å². The molecule has 2 aromatic rings. The van der Waals surface area contributed by atoms with Crippen molar-refractivity contribution in [1.29, 1.82) is 0 Å². The molecule has 6 rings (SSSR count). The normalized spacial score (nSPS) is 27.5. The van der Waals surface area contributed by atoms with Gasteiger partial charge in [-0.25, -0.2) is 26.7 Å². The van der Waals surface area contributed by atoms with Crippen molar-refractivity contribution in [3.05, 3.63) is 53.9 Å². The summed E-state index contributed by atoms with van der Waals surface area (Å²) in [6.07, 6.45) is 1.87. The molecule has 2 unspecified atom stereocenters. The van der Waals surface area contributed by atoms with Crippen LogP contribution in [0.2, 0.25) is 0 Å². The molecule has 4 fully saturated rings. The Labute approximate surface area is 245 Å². The lowest BCUT2D eigenvalue weighted by molar-refractivity contribution is -0.190. The first-order valence-electron chi connectivity index (χ1n) is 11.5. The van der Waals surface area contributed by atoms with Gasteiger partial charge in [-0.2, -0.15) is 8.42 Å². The van der Waals surface area contributed by atoms with Crippen LogP contribution in [0.25, 0.3) is 0 Å². The van der Waals surface area contributed by atoms with Crippen LogP contribution in [0.3, 0.4) is 0 Å². The second kappa shape index (κ2) is 9.75. The number of halogens is 7. The molecule has 0 spiro atoms. The fourth-order valence-corrected chi connectivity index (χ4v) is 10.6. The Hall–Kier alpha value is -1.60. The Bertz CT molecular complexity index is 1480. The highest BCUT2D eigenvalue weighted by atomic mass is 127. The van der Waals surface area contributed by atoms with Gasteiger partial charge in [-0.15, -0.1) is 0 Å². The number of hydrogen-bond acceptors (Lipinski definition) is 6. The van der Waals surface area contributed by atoms with Crippen molar-refractivity contribution < 1.29 is 54.0 Å². The van der Waals surface area contributed by atoms with Gasteiger partial charge in [0.25, 0.3) is 10.1 Å². The predicted molar refractivity (Wildman–Crippen MR) is 139 cm³/mol. The number of benzene rings is 2. The smallest absolute Gasteiger partial charge is 0.344 e. The van der Waals surface area contributed by atoms with E-state index in [1.165, 1.54) is 12.1 Å². The third-order valence-corrected chi connectivity index (χ3v) is 11.0. The fraction of sp³-hybridized carbons (Fsp3) is 0.417. The summed E-state index contributed by atoms with van der Waals surface area (Å²) in [7, 11) is -4.53. The Morgan fingerprint density at radius 3 is 1.85 bits per heavy atom. The number of rotatable bonds is 5. The van der Waals surface area contributed by atoms with E-state index >= 15 is 0 Å². The molecule has 4 aliphatic rings. The summed E-state index contributed by atoms with van der Waals surface area (Å²) in [6, 6.07) is 2.53. The molecule has 15 heteroatoms. The summed E-state index contributed by atoms with van der Waals surface area (Å²) in [4.78, 5) is 26.0. The molecular formula is C24H17F5I2O7S. The molecule has 210 valence electrons. The van der Waals surface area contributed by atoms with Gasteiger partial charge >= 0.3 is 11.9 Å². The topological polar surface area (TPSA) is 107 Å². The van der Waals surface area contributed by atoms with Gasteiger partial charge in [-0.3, -0.25) is 9.35 Å². The molecule has 0 amide bonds. The minimum atomic E-state index is -4.53. The number of hydrogen-bond donors (Lipinski definition) is 1. The van der Waals surface area contributed by atoms with E-state index in [2.05, 4.69) is 0 Å². The second-order valence-corrected chi connectivity index (χ2v) is 14.0. The van der Waals surface area contributed by atoms with Crippen molar-refractivity contribution in [2.45, 2.75) is 49.0 Å². The van der Waals surface area contributed by atoms with E-state index in [0.29, 0.717) is 19.3 Å². The highest BCUT2D eigenvalue weighted by molar-refractivity contribution is 14.1. The van der Waals surface area contributed by atoms with E-state index in [1.54, 1.807) is 45.2 Å². The van der Waals surface area contributed by atoms with Crippen LogP contribution in [0.4, 0.5) is 22.0 Å². The van der Waals surface area contributed by atoms with Crippen LogP contribution in [0.5, 0.6) is 5.75 Å². The Morgan fingerprint density at radius 2 is 1.36 bits per heavy atom. The fourth-order valence-electron chi connectivity index (χ4n) is 6.63. The highest BCUT2D eigenvalue weighted by Crippen LogP contribution is 2.63. The third-order valence-electron chi connectivity index (χ3n) is 7.60. The minimum absolute atomic E-state index is 0.0180. The predicted octanol–water partition coefficient (Wildman–Crippen LogP) is 5.94. The van der Waals surface area contributed by atoms with Gasteiger partial charge in [0.2, 0.25) is 5.82 Å². The monoisotopic (exact) mass is 798 g/mol. The largest absolute Gasteiger partial charge is 0.455 e. The van der Waals surface area contributed by atoms with E-state index < -0.39 is 67.7 Å². The molecule has 4 saturated carbocycles. The molecule has 0 saturated heterocycles. The molecule has 7 nitrogen and oxygen atoms in total. The lowest BCUT2D eigenvalue weighted by Crippen LogP contribution is -2.60. The summed E-state index contributed by atoms with van der Waals surface area (Å²) in [5.74, 6) is -14.1. The molecule has 39 heavy (non-hydrogen) atoms. The standard InChI is InChI=1S/C24H17F5I2O7S/c25-15-14(16(26)18(28)19(29)17(15)27)21(32)38-24-6-9-1-10(7-24)5-23(4-9,8-24)22(33)37-11-2-12(30)20(13(31)3-11)39(34,35)36/h2-3,9-10H,1,4-8H2,(H,34,35,36). The van der Waals surface area contributed by atoms with Crippen molar-refractivity contribution in [3.63, 3.8) is 0 Å². The zero-order valence-electron chi connectivity index (χ0n) is 19.5. The Balaban J connectivity index is 1.43. The summed E-state index contributed by atoms with van der Waals surface area (Å²) in [5.41, 5.74) is -4.22. The maximum Gasteiger partial charge on any atom is 0.344 e. The molecule has 0 aromatic heterocycles. The molecule has 2 atom stereocenters. The highest BCUT2D eigenvalue weighted by Gasteiger charge is 2.63. The summed E-state index contributed by atoms with van der Waals surface area (Å²) in [6.45, 7) is 0. The van der Waals surface area contributed by atoms with Crippen LogP contribution in [0.1, 0.15) is 48.9 Å². The minimum Gasteiger partial charge on any atom is -0.455 e. The average molecular weight is 798 g/mol. The van der Waals surface area contributed by atoms with Crippen molar-refractivity contribution in [2.75, 3.05) is 0 Å². The second-order valence-electron chi connectivity index (χ2n) is 10.3. The molecule has 4 aliphatic carbocycles. The number of carbonyl (C=O) groups is 2. The first-order valence-corrected chi connectivity index (χ1v) is 15.1. The molecule has 0 aliphatic heterocycles. The molecule has 0 heterocycles. The van der Waals surface area contributed by atoms with E-state index in [9.17, 15) is 44.5 Å². The first kappa shape index (κ1) is 28.9. The van der Waals surface area contributed by atoms with E-state index in [4.69, 9.17) is 9.47 Å². The van der Waals surface area contributed by atoms with Gasteiger partial charge in [-0.1, -0.05) is 0 Å². The third kappa shape index (κ3) is 4.94.